The number of amides is 2. The van der Waals surface area contributed by atoms with Crippen molar-refractivity contribution in [3.63, 3.8) is 0 Å². The van der Waals surface area contributed by atoms with E-state index in [0.29, 0.717) is 24.3 Å². The number of nitrogens with zero attached hydrogens (tertiary/aromatic N) is 2. The second-order valence-electron chi connectivity index (χ2n) is 8.44. The minimum absolute atomic E-state index is 0.0588. The van der Waals surface area contributed by atoms with Crippen molar-refractivity contribution in [2.24, 2.45) is 11.8 Å². The summed E-state index contributed by atoms with van der Waals surface area (Å²) in [7, 11) is 0. The maximum atomic E-state index is 13.2. The first-order valence-electron chi connectivity index (χ1n) is 10.2. The Balaban J connectivity index is 1.57. The first-order chi connectivity index (χ1) is 13.5. The number of hydrogen-bond donors (Lipinski definition) is 0. The van der Waals surface area contributed by atoms with Crippen LogP contribution in [0.25, 0.3) is 0 Å². The molecule has 0 aromatic heterocycles. The summed E-state index contributed by atoms with van der Waals surface area (Å²) < 4.78 is 0. The third-order valence-electron chi connectivity index (χ3n) is 6.30. The molecule has 0 aliphatic carbocycles. The number of hydrogen-bond acceptors (Lipinski definition) is 2. The SMILES string of the molecule is CC(=O)N1C[C@H]2CN(C(=O)c3cccc(C(C)C)c3)C[C@H]2[C@@H]1c1ccccc1. The quantitative estimate of drug-likeness (QED) is 0.809. The van der Waals surface area contributed by atoms with Crippen LogP contribution in [0.5, 0.6) is 0 Å². The van der Waals surface area contributed by atoms with Gasteiger partial charge in [-0.25, -0.2) is 0 Å². The molecule has 0 saturated carbocycles. The van der Waals surface area contributed by atoms with Crippen LogP contribution in [0.1, 0.15) is 54.2 Å². The summed E-state index contributed by atoms with van der Waals surface area (Å²) in [6.07, 6.45) is 0. The summed E-state index contributed by atoms with van der Waals surface area (Å²) in [4.78, 5) is 29.4. The van der Waals surface area contributed by atoms with Crippen LogP contribution < -0.4 is 0 Å². The maximum absolute atomic E-state index is 13.2. The highest BCUT2D eigenvalue weighted by molar-refractivity contribution is 5.94. The summed E-state index contributed by atoms with van der Waals surface area (Å²) >= 11 is 0. The van der Waals surface area contributed by atoms with Crippen LogP contribution in [0.3, 0.4) is 0 Å². The fourth-order valence-corrected chi connectivity index (χ4v) is 4.83. The normalized spacial score (nSPS) is 23.9. The zero-order valence-electron chi connectivity index (χ0n) is 16.8. The van der Waals surface area contributed by atoms with Crippen molar-refractivity contribution in [2.75, 3.05) is 19.6 Å². The highest BCUT2D eigenvalue weighted by Gasteiger charge is 2.49. The van der Waals surface area contributed by atoms with Crippen molar-refractivity contribution < 1.29 is 9.59 Å². The lowest BCUT2D eigenvalue weighted by molar-refractivity contribution is -0.130. The van der Waals surface area contributed by atoms with E-state index in [4.69, 9.17) is 0 Å². The molecule has 28 heavy (non-hydrogen) atoms. The molecule has 146 valence electrons. The molecular formula is C24H28N2O2. The Hall–Kier alpha value is -2.62. The van der Waals surface area contributed by atoms with E-state index in [9.17, 15) is 9.59 Å². The minimum Gasteiger partial charge on any atom is -0.338 e. The molecule has 2 aliphatic heterocycles. The molecule has 2 aromatic rings. The van der Waals surface area contributed by atoms with Gasteiger partial charge in [0.05, 0.1) is 6.04 Å². The van der Waals surface area contributed by atoms with E-state index in [2.05, 4.69) is 32.0 Å². The molecular weight excluding hydrogens is 348 g/mol. The molecule has 2 aliphatic rings. The fourth-order valence-electron chi connectivity index (χ4n) is 4.83. The standard InChI is InChI=1S/C24H28N2O2/c1-16(2)19-10-7-11-20(12-19)24(28)25-13-21-14-26(17(3)27)23(22(21)15-25)18-8-5-4-6-9-18/h4-12,16,21-23H,13-15H2,1-3H3/t21-,22-,23+/m1/s1. The Morgan fingerprint density at radius 2 is 1.71 bits per heavy atom. The second-order valence-corrected chi connectivity index (χ2v) is 8.44. The minimum atomic E-state index is 0.0588. The second kappa shape index (κ2) is 7.42. The van der Waals surface area contributed by atoms with Crippen molar-refractivity contribution in [2.45, 2.75) is 32.7 Å². The van der Waals surface area contributed by atoms with Gasteiger partial charge >= 0.3 is 0 Å². The molecule has 4 nitrogen and oxygen atoms in total. The summed E-state index contributed by atoms with van der Waals surface area (Å²) in [5.41, 5.74) is 3.13. The monoisotopic (exact) mass is 376 g/mol. The molecule has 2 saturated heterocycles. The van der Waals surface area contributed by atoms with Crippen LogP contribution in [0.15, 0.2) is 54.6 Å². The first kappa shape index (κ1) is 18.7. The summed E-state index contributed by atoms with van der Waals surface area (Å²) in [6.45, 7) is 8.10. The summed E-state index contributed by atoms with van der Waals surface area (Å²) in [6, 6.07) is 18.3. The molecule has 4 rings (SSSR count). The molecule has 0 spiro atoms. The highest BCUT2D eigenvalue weighted by Crippen LogP contribution is 2.45. The van der Waals surface area contributed by atoms with Gasteiger partial charge in [0.15, 0.2) is 0 Å². The zero-order chi connectivity index (χ0) is 19.8. The lowest BCUT2D eigenvalue weighted by Crippen LogP contribution is -2.36. The largest absolute Gasteiger partial charge is 0.338 e. The lowest BCUT2D eigenvalue weighted by Gasteiger charge is -2.29. The van der Waals surface area contributed by atoms with Crippen LogP contribution >= 0.6 is 0 Å². The Labute approximate surface area is 167 Å². The van der Waals surface area contributed by atoms with Gasteiger partial charge < -0.3 is 9.80 Å². The van der Waals surface area contributed by atoms with Gasteiger partial charge in [0.2, 0.25) is 5.91 Å². The number of rotatable bonds is 3. The average molecular weight is 377 g/mol. The van der Waals surface area contributed by atoms with Crippen LogP contribution in [0.2, 0.25) is 0 Å². The maximum Gasteiger partial charge on any atom is 0.253 e. The number of carbonyl (C=O) groups is 2. The van der Waals surface area contributed by atoms with E-state index in [1.807, 2.05) is 46.2 Å². The van der Waals surface area contributed by atoms with Gasteiger partial charge in [-0.05, 0) is 29.2 Å². The van der Waals surface area contributed by atoms with Crippen LogP contribution in [0.4, 0.5) is 0 Å². The highest BCUT2D eigenvalue weighted by atomic mass is 16.2. The van der Waals surface area contributed by atoms with Gasteiger partial charge in [-0.2, -0.15) is 0 Å². The Morgan fingerprint density at radius 1 is 0.964 bits per heavy atom. The van der Waals surface area contributed by atoms with Gasteiger partial charge in [-0.1, -0.05) is 56.3 Å². The predicted octanol–water partition coefficient (Wildman–Crippen LogP) is 4.10. The Bertz CT molecular complexity index is 877. The smallest absolute Gasteiger partial charge is 0.253 e. The van der Waals surface area contributed by atoms with Crippen molar-refractivity contribution in [3.8, 4) is 0 Å². The molecule has 3 atom stereocenters. The number of carbonyl (C=O) groups excluding carboxylic acids is 2. The van der Waals surface area contributed by atoms with Gasteiger partial charge in [0.25, 0.3) is 5.91 Å². The molecule has 0 N–H and O–H groups in total. The Kier molecular flexibility index (Phi) is 4.96. The fraction of sp³-hybridized carbons (Fsp3) is 0.417. The van der Waals surface area contributed by atoms with E-state index >= 15 is 0 Å². The number of benzene rings is 2. The number of likely N-dealkylation sites (tertiary alicyclic amines) is 2. The van der Waals surface area contributed by atoms with Gasteiger partial charge in [0.1, 0.15) is 0 Å². The summed E-state index contributed by atoms with van der Waals surface area (Å²) in [5.74, 6) is 1.26. The van der Waals surface area contributed by atoms with Gasteiger partial charge in [-0.15, -0.1) is 0 Å². The van der Waals surface area contributed by atoms with E-state index in [0.717, 1.165) is 18.7 Å². The molecule has 4 heteroatoms. The molecule has 2 aromatic carbocycles. The van der Waals surface area contributed by atoms with E-state index in [1.165, 1.54) is 11.1 Å². The summed E-state index contributed by atoms with van der Waals surface area (Å²) in [5, 5.41) is 0. The number of fused-ring (bicyclic) bond motifs is 1. The van der Waals surface area contributed by atoms with Gasteiger partial charge in [0, 0.05) is 44.0 Å². The van der Waals surface area contributed by atoms with Crippen LogP contribution in [0, 0.1) is 11.8 Å². The van der Waals surface area contributed by atoms with Crippen molar-refractivity contribution in [3.05, 3.63) is 71.3 Å². The first-order valence-corrected chi connectivity index (χ1v) is 10.2. The van der Waals surface area contributed by atoms with Crippen molar-refractivity contribution in [1.29, 1.82) is 0 Å². The third-order valence-corrected chi connectivity index (χ3v) is 6.30. The van der Waals surface area contributed by atoms with Crippen LogP contribution in [-0.4, -0.2) is 41.2 Å². The van der Waals surface area contributed by atoms with E-state index in [-0.39, 0.29) is 17.9 Å². The molecule has 0 unspecified atom stereocenters. The molecule has 2 fully saturated rings. The van der Waals surface area contributed by atoms with E-state index < -0.39 is 0 Å². The van der Waals surface area contributed by atoms with E-state index in [1.54, 1.807) is 6.92 Å². The predicted molar refractivity (Wildman–Crippen MR) is 110 cm³/mol. The van der Waals surface area contributed by atoms with Crippen molar-refractivity contribution in [1.82, 2.24) is 9.80 Å². The third kappa shape index (κ3) is 3.32. The van der Waals surface area contributed by atoms with Gasteiger partial charge in [-0.3, -0.25) is 9.59 Å². The molecule has 2 heterocycles. The van der Waals surface area contributed by atoms with Crippen LogP contribution in [-0.2, 0) is 4.79 Å². The zero-order valence-corrected chi connectivity index (χ0v) is 16.8. The molecule has 0 radical (unpaired) electrons. The lowest BCUT2D eigenvalue weighted by atomic mass is 9.89. The molecule has 2 amide bonds. The topological polar surface area (TPSA) is 40.6 Å². The average Bonchev–Trinajstić information content (AvgIpc) is 3.26. The Morgan fingerprint density at radius 3 is 2.39 bits per heavy atom. The van der Waals surface area contributed by atoms with Crippen molar-refractivity contribution >= 4 is 11.8 Å². The molecule has 0 bridgehead atoms.